The van der Waals surface area contributed by atoms with Crippen LogP contribution in [0.15, 0.2) is 42.5 Å². The Bertz CT molecular complexity index is 612. The molecular weight excluding hydrogens is 276 g/mol. The van der Waals surface area contributed by atoms with Crippen LogP contribution in [0.3, 0.4) is 0 Å². The fraction of sp³-hybridized carbons (Fsp3) is 0.133. The number of ether oxygens (including phenoxy) is 1. The van der Waals surface area contributed by atoms with Crippen LogP contribution >= 0.6 is 11.6 Å². The monoisotopic (exact) mass is 290 g/mol. The highest BCUT2D eigenvalue weighted by atomic mass is 35.5. The summed E-state index contributed by atoms with van der Waals surface area (Å²) < 4.78 is 5.45. The molecule has 0 unspecified atom stereocenters. The number of nitrogen functional groups attached to an aromatic ring is 1. The molecule has 2 rings (SSSR count). The maximum absolute atomic E-state index is 11.8. The van der Waals surface area contributed by atoms with Gasteiger partial charge in [-0.2, -0.15) is 0 Å². The van der Waals surface area contributed by atoms with E-state index in [1.165, 1.54) is 0 Å². The number of carbonyl (C=O) groups is 1. The molecule has 0 fully saturated rings. The van der Waals surface area contributed by atoms with Gasteiger partial charge >= 0.3 is 0 Å². The number of nitrogens with two attached hydrogens (primary N) is 1. The van der Waals surface area contributed by atoms with Gasteiger partial charge in [-0.05, 0) is 48.9 Å². The minimum atomic E-state index is -0.242. The van der Waals surface area contributed by atoms with E-state index in [0.717, 1.165) is 5.56 Å². The van der Waals surface area contributed by atoms with Crippen molar-refractivity contribution in [1.29, 1.82) is 0 Å². The number of rotatable bonds is 4. The average molecular weight is 291 g/mol. The number of halogens is 1. The minimum absolute atomic E-state index is 0.0778. The van der Waals surface area contributed by atoms with Gasteiger partial charge in [-0.25, -0.2) is 0 Å². The molecule has 0 spiro atoms. The van der Waals surface area contributed by atoms with Gasteiger partial charge in [0.1, 0.15) is 5.75 Å². The van der Waals surface area contributed by atoms with Gasteiger partial charge in [0, 0.05) is 16.4 Å². The van der Waals surface area contributed by atoms with Gasteiger partial charge in [0.15, 0.2) is 6.61 Å². The lowest BCUT2D eigenvalue weighted by Gasteiger charge is -2.10. The first-order valence-corrected chi connectivity index (χ1v) is 6.47. The molecule has 4 nitrogen and oxygen atoms in total. The summed E-state index contributed by atoms with van der Waals surface area (Å²) in [6, 6.07) is 12.2. The highest BCUT2D eigenvalue weighted by Gasteiger charge is 2.06. The smallest absolute Gasteiger partial charge is 0.262 e. The second-order valence-electron chi connectivity index (χ2n) is 4.37. The molecule has 0 aliphatic rings. The summed E-state index contributed by atoms with van der Waals surface area (Å²) in [6.45, 7) is 1.81. The maximum Gasteiger partial charge on any atom is 0.262 e. The van der Waals surface area contributed by atoms with Crippen LogP contribution < -0.4 is 15.8 Å². The van der Waals surface area contributed by atoms with Crippen LogP contribution in [0, 0.1) is 6.92 Å². The zero-order valence-corrected chi connectivity index (χ0v) is 11.8. The summed E-state index contributed by atoms with van der Waals surface area (Å²) in [6.07, 6.45) is 0. The lowest BCUT2D eigenvalue weighted by molar-refractivity contribution is -0.118. The van der Waals surface area contributed by atoms with Gasteiger partial charge < -0.3 is 15.8 Å². The predicted octanol–water partition coefficient (Wildman–Crippen LogP) is 3.25. The molecule has 0 atom stereocenters. The molecule has 2 aromatic rings. The van der Waals surface area contributed by atoms with E-state index < -0.39 is 0 Å². The Morgan fingerprint density at radius 3 is 2.65 bits per heavy atom. The van der Waals surface area contributed by atoms with Crippen molar-refractivity contribution in [1.82, 2.24) is 0 Å². The SMILES string of the molecule is Cc1ccc(Cl)cc1OCC(=O)Nc1ccc(N)cc1. The van der Waals surface area contributed by atoms with Crippen molar-refractivity contribution >= 4 is 28.9 Å². The number of nitrogens with one attached hydrogen (secondary N) is 1. The highest BCUT2D eigenvalue weighted by molar-refractivity contribution is 6.30. The Hall–Kier alpha value is -2.20. The second-order valence-corrected chi connectivity index (χ2v) is 4.81. The summed E-state index contributed by atoms with van der Waals surface area (Å²) in [5, 5.41) is 3.29. The standard InChI is InChI=1S/C15H15ClN2O2/c1-10-2-3-11(16)8-14(10)20-9-15(19)18-13-6-4-12(17)5-7-13/h2-8H,9,17H2,1H3,(H,18,19). The third kappa shape index (κ3) is 3.90. The van der Waals surface area contributed by atoms with Crippen LogP contribution in [0.25, 0.3) is 0 Å². The molecule has 0 aromatic heterocycles. The van der Waals surface area contributed by atoms with Crippen LogP contribution in [0.5, 0.6) is 5.75 Å². The van der Waals surface area contributed by atoms with Crippen molar-refractivity contribution in [3.05, 3.63) is 53.1 Å². The number of carbonyl (C=O) groups excluding carboxylic acids is 1. The topological polar surface area (TPSA) is 64.3 Å². The van der Waals surface area contributed by atoms with E-state index in [0.29, 0.717) is 22.1 Å². The van der Waals surface area contributed by atoms with Crippen molar-refractivity contribution < 1.29 is 9.53 Å². The lowest BCUT2D eigenvalue weighted by Crippen LogP contribution is -2.20. The number of anilines is 2. The summed E-state index contributed by atoms with van der Waals surface area (Å²) in [4.78, 5) is 11.8. The quantitative estimate of drug-likeness (QED) is 0.850. The highest BCUT2D eigenvalue weighted by Crippen LogP contribution is 2.22. The van der Waals surface area contributed by atoms with Crippen molar-refractivity contribution in [3.63, 3.8) is 0 Å². The van der Waals surface area contributed by atoms with Crippen molar-refractivity contribution in [2.75, 3.05) is 17.7 Å². The normalized spacial score (nSPS) is 10.1. The molecule has 0 saturated heterocycles. The zero-order chi connectivity index (χ0) is 14.5. The largest absolute Gasteiger partial charge is 0.483 e. The minimum Gasteiger partial charge on any atom is -0.483 e. The van der Waals surface area contributed by atoms with Crippen LogP contribution in [-0.2, 0) is 4.79 Å². The molecule has 20 heavy (non-hydrogen) atoms. The van der Waals surface area contributed by atoms with E-state index in [1.54, 1.807) is 36.4 Å². The molecule has 0 aliphatic heterocycles. The van der Waals surface area contributed by atoms with E-state index in [9.17, 15) is 4.79 Å². The first-order chi connectivity index (χ1) is 9.54. The second kappa shape index (κ2) is 6.30. The summed E-state index contributed by atoms with van der Waals surface area (Å²) in [7, 11) is 0. The Labute approximate surface area is 122 Å². The maximum atomic E-state index is 11.8. The van der Waals surface area contributed by atoms with Gasteiger partial charge in [0.2, 0.25) is 0 Å². The number of benzene rings is 2. The van der Waals surface area contributed by atoms with Gasteiger partial charge in [0.05, 0.1) is 0 Å². The zero-order valence-electron chi connectivity index (χ0n) is 11.0. The Morgan fingerprint density at radius 2 is 1.95 bits per heavy atom. The molecule has 1 amide bonds. The fourth-order valence-electron chi connectivity index (χ4n) is 1.64. The Balaban J connectivity index is 1.92. The molecule has 5 heteroatoms. The molecule has 0 saturated carbocycles. The van der Waals surface area contributed by atoms with Crippen molar-refractivity contribution in [3.8, 4) is 5.75 Å². The average Bonchev–Trinajstić information content (AvgIpc) is 2.42. The fourth-order valence-corrected chi connectivity index (χ4v) is 1.80. The van der Waals surface area contributed by atoms with Crippen LogP contribution in [-0.4, -0.2) is 12.5 Å². The van der Waals surface area contributed by atoms with Crippen molar-refractivity contribution in [2.24, 2.45) is 0 Å². The molecule has 3 N–H and O–H groups in total. The number of aryl methyl sites for hydroxylation is 1. The van der Waals surface area contributed by atoms with Gasteiger partial charge in [-0.15, -0.1) is 0 Å². The molecule has 0 bridgehead atoms. The first kappa shape index (κ1) is 14.2. The van der Waals surface area contributed by atoms with Crippen molar-refractivity contribution in [2.45, 2.75) is 6.92 Å². The van der Waals surface area contributed by atoms with Gasteiger partial charge in [-0.1, -0.05) is 17.7 Å². The van der Waals surface area contributed by atoms with Crippen LogP contribution in [0.2, 0.25) is 5.02 Å². The van der Waals surface area contributed by atoms with Gasteiger partial charge in [-0.3, -0.25) is 4.79 Å². The number of hydrogen-bond donors (Lipinski definition) is 2. The third-order valence-electron chi connectivity index (χ3n) is 2.70. The van der Waals surface area contributed by atoms with E-state index in [-0.39, 0.29) is 12.5 Å². The van der Waals surface area contributed by atoms with E-state index in [4.69, 9.17) is 22.1 Å². The number of amides is 1. The predicted molar refractivity (Wildman–Crippen MR) is 81.2 cm³/mol. The molecule has 0 aliphatic carbocycles. The van der Waals surface area contributed by atoms with E-state index in [1.807, 2.05) is 13.0 Å². The summed E-state index contributed by atoms with van der Waals surface area (Å²) in [5.41, 5.74) is 7.82. The molecule has 0 radical (unpaired) electrons. The molecule has 0 heterocycles. The molecule has 104 valence electrons. The van der Waals surface area contributed by atoms with Crippen LogP contribution in [0.1, 0.15) is 5.56 Å². The Kier molecular flexibility index (Phi) is 4.48. The molecular formula is C15H15ClN2O2. The number of hydrogen-bond acceptors (Lipinski definition) is 3. The van der Waals surface area contributed by atoms with E-state index >= 15 is 0 Å². The Morgan fingerprint density at radius 1 is 1.25 bits per heavy atom. The summed E-state index contributed by atoms with van der Waals surface area (Å²) in [5.74, 6) is 0.360. The van der Waals surface area contributed by atoms with Crippen LogP contribution in [0.4, 0.5) is 11.4 Å². The molecule has 2 aromatic carbocycles. The van der Waals surface area contributed by atoms with E-state index in [2.05, 4.69) is 5.32 Å². The van der Waals surface area contributed by atoms with Gasteiger partial charge in [0.25, 0.3) is 5.91 Å². The lowest BCUT2D eigenvalue weighted by atomic mass is 10.2. The third-order valence-corrected chi connectivity index (χ3v) is 2.94. The summed E-state index contributed by atoms with van der Waals surface area (Å²) >= 11 is 5.88. The first-order valence-electron chi connectivity index (χ1n) is 6.09.